The zero-order valence-electron chi connectivity index (χ0n) is 10.2. The van der Waals surface area contributed by atoms with Crippen LogP contribution < -0.4 is 15.8 Å². The van der Waals surface area contributed by atoms with Crippen molar-refractivity contribution in [2.75, 3.05) is 7.11 Å². The maximum atomic E-state index is 12.5. The molecule has 1 heterocycles. The van der Waals surface area contributed by atoms with E-state index in [1.54, 1.807) is 31.4 Å². The van der Waals surface area contributed by atoms with E-state index in [0.29, 0.717) is 11.3 Å². The molecule has 0 saturated carbocycles. The highest BCUT2D eigenvalue weighted by atomic mass is 19.4. The number of nitrogens with one attached hydrogen (secondary N) is 1. The first-order valence-corrected chi connectivity index (χ1v) is 5.57. The van der Waals surface area contributed by atoms with Gasteiger partial charge in [0.25, 0.3) is 0 Å². The minimum absolute atomic E-state index is 0.593. The second-order valence-corrected chi connectivity index (χ2v) is 4.08. The van der Waals surface area contributed by atoms with E-state index >= 15 is 0 Å². The molecule has 1 aromatic carbocycles. The zero-order chi connectivity index (χ0) is 14.0. The summed E-state index contributed by atoms with van der Waals surface area (Å²) in [7, 11) is 1.54. The van der Waals surface area contributed by atoms with Crippen LogP contribution in [0.3, 0.4) is 0 Å². The number of ether oxygens (including phenoxy) is 1. The highest BCUT2D eigenvalue weighted by Gasteiger charge is 2.35. The molecule has 0 unspecified atom stereocenters. The quantitative estimate of drug-likeness (QED) is 0.867. The number of alkyl halides is 3. The summed E-state index contributed by atoms with van der Waals surface area (Å²) < 4.78 is 42.6. The molecule has 1 aliphatic heterocycles. The molecule has 0 aromatic heterocycles. The first kappa shape index (κ1) is 13.5. The Balaban J connectivity index is 2.22. The topological polar surface area (TPSA) is 47.3 Å². The second-order valence-electron chi connectivity index (χ2n) is 4.08. The van der Waals surface area contributed by atoms with Crippen LogP contribution in [-0.2, 0) is 0 Å². The standard InChI is InChI=1S/C13H13F3N2O/c1-19-9-4-2-8(3-5-9)10-7-18-12(6-11(10)17)13(14,15)16/h2-7,11,18H,17H2,1H3/t11-/m0/s1. The average Bonchev–Trinajstić information content (AvgIpc) is 2.38. The van der Waals surface area contributed by atoms with Gasteiger partial charge in [-0.3, -0.25) is 0 Å². The summed E-state index contributed by atoms with van der Waals surface area (Å²) in [5.74, 6) is 0.674. The van der Waals surface area contributed by atoms with Crippen LogP contribution in [-0.4, -0.2) is 19.3 Å². The van der Waals surface area contributed by atoms with Gasteiger partial charge >= 0.3 is 6.18 Å². The molecule has 0 aliphatic carbocycles. The SMILES string of the molecule is COc1ccc(C2=CNC(C(F)(F)F)=C[C@@H]2N)cc1. The molecule has 0 fully saturated rings. The molecule has 1 aliphatic rings. The first-order chi connectivity index (χ1) is 8.91. The third kappa shape index (κ3) is 2.90. The van der Waals surface area contributed by atoms with Crippen LogP contribution >= 0.6 is 0 Å². The van der Waals surface area contributed by atoms with Crippen LogP contribution in [0.15, 0.2) is 42.2 Å². The Labute approximate surface area is 108 Å². The van der Waals surface area contributed by atoms with Gasteiger partial charge in [0.15, 0.2) is 0 Å². The summed E-state index contributed by atoms with van der Waals surface area (Å²) in [6.07, 6.45) is -2.16. The van der Waals surface area contributed by atoms with Crippen molar-refractivity contribution in [3.8, 4) is 5.75 Å². The first-order valence-electron chi connectivity index (χ1n) is 5.57. The molecule has 19 heavy (non-hydrogen) atoms. The normalized spacial score (nSPS) is 19.3. The van der Waals surface area contributed by atoms with Gasteiger partial charge in [0.05, 0.1) is 13.2 Å². The molecule has 3 nitrogen and oxygen atoms in total. The van der Waals surface area contributed by atoms with Gasteiger partial charge in [-0.05, 0) is 29.3 Å². The number of hydrogen-bond acceptors (Lipinski definition) is 3. The van der Waals surface area contributed by atoms with E-state index < -0.39 is 17.9 Å². The van der Waals surface area contributed by atoms with Gasteiger partial charge in [-0.15, -0.1) is 0 Å². The van der Waals surface area contributed by atoms with Gasteiger partial charge in [-0.2, -0.15) is 13.2 Å². The molecule has 1 atom stereocenters. The summed E-state index contributed by atoms with van der Waals surface area (Å²) in [4.78, 5) is 0. The average molecular weight is 270 g/mol. The molecule has 3 N–H and O–H groups in total. The fourth-order valence-corrected chi connectivity index (χ4v) is 1.80. The van der Waals surface area contributed by atoms with Gasteiger partial charge in [0.2, 0.25) is 0 Å². The largest absolute Gasteiger partial charge is 0.497 e. The number of dihydropyridines is 1. The number of nitrogens with two attached hydrogens (primary N) is 1. The summed E-state index contributed by atoms with van der Waals surface area (Å²) >= 11 is 0. The summed E-state index contributed by atoms with van der Waals surface area (Å²) in [5.41, 5.74) is 6.26. The van der Waals surface area contributed by atoms with Crippen LogP contribution in [0, 0.1) is 0 Å². The molecule has 0 saturated heterocycles. The second kappa shape index (κ2) is 4.97. The number of rotatable bonds is 2. The van der Waals surface area contributed by atoms with Gasteiger partial charge < -0.3 is 15.8 Å². The third-order valence-electron chi connectivity index (χ3n) is 2.82. The molecule has 0 bridgehead atoms. The lowest BCUT2D eigenvalue weighted by molar-refractivity contribution is -0.0959. The lowest BCUT2D eigenvalue weighted by Gasteiger charge is -2.22. The minimum Gasteiger partial charge on any atom is -0.497 e. The van der Waals surface area contributed by atoms with E-state index in [2.05, 4.69) is 5.32 Å². The van der Waals surface area contributed by atoms with Gasteiger partial charge in [-0.25, -0.2) is 0 Å². The summed E-state index contributed by atoms with van der Waals surface area (Å²) in [6.45, 7) is 0. The molecule has 0 amide bonds. The number of allylic oxidation sites excluding steroid dienone is 1. The predicted molar refractivity (Wildman–Crippen MR) is 66.2 cm³/mol. The van der Waals surface area contributed by atoms with E-state index in [9.17, 15) is 13.2 Å². The number of methoxy groups -OCH3 is 1. The Hall–Kier alpha value is -1.95. The molecule has 0 radical (unpaired) electrons. The predicted octanol–water partition coefficient (Wildman–Crippen LogP) is 2.41. The Morgan fingerprint density at radius 3 is 2.32 bits per heavy atom. The number of benzene rings is 1. The van der Waals surface area contributed by atoms with Gasteiger partial charge in [0, 0.05) is 6.20 Å². The Bertz CT molecular complexity index is 518. The maximum Gasteiger partial charge on any atom is 0.430 e. The van der Waals surface area contributed by atoms with E-state index in [1.165, 1.54) is 6.20 Å². The number of hydrogen-bond donors (Lipinski definition) is 2. The molecule has 6 heteroatoms. The highest BCUT2D eigenvalue weighted by molar-refractivity contribution is 5.72. The smallest absolute Gasteiger partial charge is 0.430 e. The van der Waals surface area contributed by atoms with Crippen LogP contribution in [0.4, 0.5) is 13.2 Å². The van der Waals surface area contributed by atoms with Gasteiger partial charge in [-0.1, -0.05) is 12.1 Å². The fraction of sp³-hybridized carbons (Fsp3) is 0.231. The van der Waals surface area contributed by atoms with Crippen LogP contribution in [0.25, 0.3) is 5.57 Å². The van der Waals surface area contributed by atoms with Crippen molar-refractivity contribution in [1.29, 1.82) is 0 Å². The molecule has 1 aromatic rings. The zero-order valence-corrected chi connectivity index (χ0v) is 10.2. The van der Waals surface area contributed by atoms with Crippen molar-refractivity contribution in [3.63, 3.8) is 0 Å². The lowest BCUT2D eigenvalue weighted by atomic mass is 9.97. The van der Waals surface area contributed by atoms with Crippen LogP contribution in [0.1, 0.15) is 5.56 Å². The molecular weight excluding hydrogens is 257 g/mol. The van der Waals surface area contributed by atoms with Crippen LogP contribution in [0.2, 0.25) is 0 Å². The molecule has 0 spiro atoms. The maximum absolute atomic E-state index is 12.5. The van der Waals surface area contributed by atoms with Crippen molar-refractivity contribution < 1.29 is 17.9 Å². The third-order valence-corrected chi connectivity index (χ3v) is 2.82. The van der Waals surface area contributed by atoms with E-state index in [-0.39, 0.29) is 0 Å². The van der Waals surface area contributed by atoms with Crippen molar-refractivity contribution in [1.82, 2.24) is 5.32 Å². The van der Waals surface area contributed by atoms with Crippen LogP contribution in [0.5, 0.6) is 5.75 Å². The lowest BCUT2D eigenvalue weighted by Crippen LogP contribution is -2.32. The summed E-state index contributed by atoms with van der Waals surface area (Å²) in [5, 5.41) is 2.23. The highest BCUT2D eigenvalue weighted by Crippen LogP contribution is 2.29. The number of halogens is 3. The van der Waals surface area contributed by atoms with E-state index in [4.69, 9.17) is 10.5 Å². The molecule has 2 rings (SSSR count). The fourth-order valence-electron chi connectivity index (χ4n) is 1.80. The molecule has 102 valence electrons. The van der Waals surface area contributed by atoms with Crippen molar-refractivity contribution in [3.05, 3.63) is 47.8 Å². The van der Waals surface area contributed by atoms with Crippen molar-refractivity contribution >= 4 is 5.57 Å². The minimum atomic E-state index is -4.42. The van der Waals surface area contributed by atoms with Crippen molar-refractivity contribution in [2.45, 2.75) is 12.2 Å². The monoisotopic (exact) mass is 270 g/mol. The Morgan fingerprint density at radius 2 is 1.84 bits per heavy atom. The Kier molecular flexibility index (Phi) is 3.53. The van der Waals surface area contributed by atoms with Gasteiger partial charge in [0.1, 0.15) is 11.4 Å². The van der Waals surface area contributed by atoms with E-state index in [0.717, 1.165) is 11.6 Å². The van der Waals surface area contributed by atoms with E-state index in [1.807, 2.05) is 0 Å². The Morgan fingerprint density at radius 1 is 1.21 bits per heavy atom. The van der Waals surface area contributed by atoms with Crippen molar-refractivity contribution in [2.24, 2.45) is 5.73 Å². The summed E-state index contributed by atoms with van der Waals surface area (Å²) in [6, 6.07) is 6.15. The molecular formula is C13H13F3N2O.